The van der Waals surface area contributed by atoms with Gasteiger partial charge in [-0.2, -0.15) is 0 Å². The third-order valence-electron chi connectivity index (χ3n) is 19.8. The summed E-state index contributed by atoms with van der Waals surface area (Å²) in [6.45, 7) is 2.69. The molecule has 12 atom stereocenters. The van der Waals surface area contributed by atoms with Crippen LogP contribution >= 0.6 is 0 Å². The van der Waals surface area contributed by atoms with Crippen molar-refractivity contribution in [3.63, 3.8) is 0 Å². The van der Waals surface area contributed by atoms with E-state index in [1.165, 1.54) is 199 Å². The van der Waals surface area contributed by atoms with Crippen LogP contribution in [0.3, 0.4) is 0 Å². The van der Waals surface area contributed by atoms with Crippen LogP contribution in [0.25, 0.3) is 0 Å². The number of aliphatic hydroxyl groups excluding tert-OH is 8. The maximum atomic E-state index is 13.4. The van der Waals surface area contributed by atoms with Crippen LogP contribution in [0.15, 0.2) is 134 Å². The van der Waals surface area contributed by atoms with E-state index in [1.807, 2.05) is 6.08 Å². The van der Waals surface area contributed by atoms with E-state index in [1.54, 1.807) is 6.08 Å². The molecule has 14 heteroatoms. The number of hydrogen-bond donors (Lipinski definition) is 9. The number of carbonyl (C=O) groups excluding carboxylic acids is 1. The average molecular weight is 1460 g/mol. The molecule has 0 aliphatic carbocycles. The van der Waals surface area contributed by atoms with Gasteiger partial charge in [-0.3, -0.25) is 4.79 Å². The summed E-state index contributed by atoms with van der Waals surface area (Å²) in [6, 6.07) is -0.950. The maximum absolute atomic E-state index is 13.4. The van der Waals surface area contributed by atoms with Gasteiger partial charge >= 0.3 is 0 Å². The van der Waals surface area contributed by atoms with Crippen molar-refractivity contribution in [3.05, 3.63) is 134 Å². The second kappa shape index (κ2) is 72.0. The summed E-state index contributed by atoms with van der Waals surface area (Å²) in [5.74, 6) is -0.257. The van der Waals surface area contributed by atoms with Crippen molar-refractivity contribution in [2.45, 2.75) is 408 Å². The molecule has 2 aliphatic rings. The first-order chi connectivity index (χ1) is 51.1. The lowest BCUT2D eigenvalue weighted by atomic mass is 9.97. The molecule has 14 nitrogen and oxygen atoms in total. The first-order valence-electron chi connectivity index (χ1n) is 42.4. The topological polar surface area (TPSA) is 228 Å². The molecule has 0 spiro atoms. The van der Waals surface area contributed by atoms with Crippen molar-refractivity contribution in [2.24, 2.45) is 0 Å². The molecule has 0 aromatic rings. The lowest BCUT2D eigenvalue weighted by Crippen LogP contribution is -2.65. The highest BCUT2D eigenvalue weighted by molar-refractivity contribution is 5.76. The Hall–Kier alpha value is -3.87. The third-order valence-corrected chi connectivity index (χ3v) is 19.8. The first-order valence-corrected chi connectivity index (χ1v) is 42.4. The normalized spacial score (nSPS) is 22.2. The predicted octanol–water partition coefficient (Wildman–Crippen LogP) is 20.1. The van der Waals surface area contributed by atoms with Crippen molar-refractivity contribution < 1.29 is 64.6 Å². The van der Waals surface area contributed by atoms with Crippen LogP contribution in [-0.2, 0) is 23.7 Å². The summed E-state index contributed by atoms with van der Waals surface area (Å²) < 4.78 is 22.9. The molecule has 12 unspecified atom stereocenters. The minimum Gasteiger partial charge on any atom is -0.394 e. The summed E-state index contributed by atoms with van der Waals surface area (Å²) in [5.41, 5.74) is 0. The quantitative estimate of drug-likeness (QED) is 0.0204. The minimum absolute atomic E-state index is 0.257. The van der Waals surface area contributed by atoms with E-state index in [-0.39, 0.29) is 18.9 Å². The molecule has 0 bridgehead atoms. The number of amides is 1. The van der Waals surface area contributed by atoms with Gasteiger partial charge in [0, 0.05) is 6.42 Å². The zero-order valence-electron chi connectivity index (χ0n) is 65.7. The van der Waals surface area contributed by atoms with Crippen molar-refractivity contribution in [1.82, 2.24) is 5.32 Å². The largest absolute Gasteiger partial charge is 0.394 e. The Morgan fingerprint density at radius 1 is 0.356 bits per heavy atom. The first kappa shape index (κ1) is 96.2. The van der Waals surface area contributed by atoms with Crippen LogP contribution in [-0.4, -0.2) is 140 Å². The molecule has 0 aromatic carbocycles. The number of allylic oxidation sites excluding steroid dienone is 21. The molecular formula is C90H155NO13. The predicted molar refractivity (Wildman–Crippen MR) is 433 cm³/mol. The fraction of sp³-hybridized carbons (Fsp3) is 0.744. The zero-order valence-corrected chi connectivity index (χ0v) is 65.7. The van der Waals surface area contributed by atoms with Gasteiger partial charge in [-0.05, 0) is 109 Å². The number of ether oxygens (including phenoxy) is 4. The number of aliphatic hydroxyl groups is 8. The van der Waals surface area contributed by atoms with Crippen LogP contribution in [0.5, 0.6) is 0 Å². The number of carbonyl (C=O) groups is 1. The van der Waals surface area contributed by atoms with E-state index in [0.29, 0.717) is 12.8 Å². The van der Waals surface area contributed by atoms with Gasteiger partial charge < -0.3 is 65.1 Å². The van der Waals surface area contributed by atoms with Gasteiger partial charge in [-0.25, -0.2) is 0 Å². The standard InChI is InChI=1S/C90H155NO13/c1-3-5-7-9-11-13-15-17-19-21-23-25-27-29-31-33-35-37-38-39-40-42-44-46-48-50-52-54-56-58-60-62-64-66-68-70-72-74-82(95)91-78(77-101-89-87(100)85(98)88(81(76-93)103-89)104-90-86(99)84(97)83(96)80(75-92)102-90)79(94)73-71-69-67-65-63-61-59-57-55-53-51-49-47-45-43-41-36-34-32-30-28-26-24-22-20-18-16-14-12-10-8-6-4-2/h5,7,11,13,17,19,23,25,29,31,35,37,39-40,44,46,55,57,63,65,71,73,78-81,83-90,92-94,96-100H,3-4,6,8-10,12,14-16,18,20-22,24,26-28,30,32-34,36,38,41-43,45,47-54,56,58-62,64,66-70,72,74-77H2,1-2H3,(H,91,95)/b7-5-,13-11-,19-17-,25-23-,31-29-,37-35-,40-39-,46-44-,57-55+,65-63+,73-71+. The number of rotatable bonds is 70. The van der Waals surface area contributed by atoms with E-state index in [4.69, 9.17) is 18.9 Å². The number of hydrogen-bond acceptors (Lipinski definition) is 13. The van der Waals surface area contributed by atoms with Crippen LogP contribution in [0.2, 0.25) is 0 Å². The average Bonchev–Trinajstić information content (AvgIpc) is 0.790. The summed E-state index contributed by atoms with van der Waals surface area (Å²) in [4.78, 5) is 13.4. The fourth-order valence-corrected chi connectivity index (χ4v) is 13.2. The van der Waals surface area contributed by atoms with E-state index < -0.39 is 86.8 Å². The minimum atomic E-state index is -1.80. The van der Waals surface area contributed by atoms with Crippen molar-refractivity contribution >= 4 is 5.91 Å². The van der Waals surface area contributed by atoms with Gasteiger partial charge in [0.05, 0.1) is 32.0 Å². The van der Waals surface area contributed by atoms with Crippen LogP contribution in [0, 0.1) is 0 Å². The fourth-order valence-electron chi connectivity index (χ4n) is 13.2. The summed E-state index contributed by atoms with van der Waals surface area (Å²) in [6.07, 6.45) is 91.1. The Bertz CT molecular complexity index is 2270. The van der Waals surface area contributed by atoms with E-state index in [2.05, 4.69) is 141 Å². The van der Waals surface area contributed by atoms with Gasteiger partial charge in [-0.1, -0.05) is 353 Å². The maximum Gasteiger partial charge on any atom is 0.220 e. The molecular weight excluding hydrogens is 1300 g/mol. The van der Waals surface area contributed by atoms with Gasteiger partial charge in [0.2, 0.25) is 5.91 Å². The molecule has 104 heavy (non-hydrogen) atoms. The molecule has 2 fully saturated rings. The van der Waals surface area contributed by atoms with E-state index >= 15 is 0 Å². The molecule has 0 radical (unpaired) electrons. The Labute approximate surface area is 634 Å². The highest BCUT2D eigenvalue weighted by Crippen LogP contribution is 2.30. The molecule has 0 saturated carbocycles. The number of unbranched alkanes of at least 4 members (excludes halogenated alkanes) is 37. The molecule has 2 aliphatic heterocycles. The van der Waals surface area contributed by atoms with Gasteiger partial charge in [0.15, 0.2) is 12.6 Å². The van der Waals surface area contributed by atoms with Gasteiger partial charge in [0.25, 0.3) is 0 Å². The van der Waals surface area contributed by atoms with Crippen molar-refractivity contribution in [3.8, 4) is 0 Å². The van der Waals surface area contributed by atoms with Crippen molar-refractivity contribution in [1.29, 1.82) is 0 Å². The molecule has 2 heterocycles. The Kier molecular flexibility index (Phi) is 66.6. The van der Waals surface area contributed by atoms with Crippen molar-refractivity contribution in [2.75, 3.05) is 19.8 Å². The molecule has 2 saturated heterocycles. The SMILES string of the molecule is CC/C=C\C/C=C\C/C=C\C/C=C\C/C=C\C/C=C\C/C=C\C/C=C\CCCCCCCCCCCCCCC(=O)NC(COC1OC(CO)C(OC2OC(CO)C(O)C(O)C2O)C(O)C1O)C(O)/C=C/CC/C=C/CC/C=C/CCCCCCCCCCCCCCCCCCCCCCCCC. The molecule has 1 amide bonds. The Morgan fingerprint density at radius 3 is 1.06 bits per heavy atom. The second-order valence-corrected chi connectivity index (χ2v) is 29.2. The zero-order chi connectivity index (χ0) is 75.1. The smallest absolute Gasteiger partial charge is 0.220 e. The van der Waals surface area contributed by atoms with Crippen LogP contribution in [0.4, 0.5) is 0 Å². The third kappa shape index (κ3) is 53.8. The van der Waals surface area contributed by atoms with E-state index in [0.717, 1.165) is 103 Å². The molecule has 9 N–H and O–H groups in total. The monoisotopic (exact) mass is 1460 g/mol. The second-order valence-electron chi connectivity index (χ2n) is 29.2. The Balaban J connectivity index is 1.63. The summed E-state index contributed by atoms with van der Waals surface area (Å²) >= 11 is 0. The molecule has 598 valence electrons. The Morgan fingerprint density at radius 2 is 0.673 bits per heavy atom. The summed E-state index contributed by atoms with van der Waals surface area (Å²) in [7, 11) is 0. The highest BCUT2D eigenvalue weighted by Gasteiger charge is 2.51. The lowest BCUT2D eigenvalue weighted by molar-refractivity contribution is -0.359. The molecule has 2 rings (SSSR count). The van der Waals surface area contributed by atoms with Crippen LogP contribution < -0.4 is 5.32 Å². The van der Waals surface area contributed by atoms with Gasteiger partial charge in [-0.15, -0.1) is 0 Å². The van der Waals surface area contributed by atoms with E-state index in [9.17, 15) is 45.6 Å². The van der Waals surface area contributed by atoms with Gasteiger partial charge in [0.1, 0.15) is 48.8 Å². The van der Waals surface area contributed by atoms with Crippen LogP contribution in [0.1, 0.15) is 335 Å². The summed E-state index contributed by atoms with van der Waals surface area (Å²) in [5, 5.41) is 87.7. The highest BCUT2D eigenvalue weighted by atomic mass is 16.7. The number of nitrogens with one attached hydrogen (secondary N) is 1. The lowest BCUT2D eigenvalue weighted by Gasteiger charge is -2.46. The molecule has 0 aromatic heterocycles.